The molecule has 0 spiro atoms. The molecule has 0 saturated heterocycles. The minimum absolute atomic E-state index is 0.0806. The number of carbonyl (C=O) groups is 1. The molecule has 3 heteroatoms. The van der Waals surface area contributed by atoms with Crippen LogP contribution in [0.3, 0.4) is 0 Å². The predicted molar refractivity (Wildman–Crippen MR) is 120 cm³/mol. The Labute approximate surface area is 170 Å². The number of anilines is 1. The van der Waals surface area contributed by atoms with Gasteiger partial charge in [0.1, 0.15) is 0 Å². The van der Waals surface area contributed by atoms with Crippen LogP contribution in [0.5, 0.6) is 0 Å². The molecule has 0 aliphatic rings. The molecule has 2 nitrogen and oxygen atoms in total. The fourth-order valence-corrected chi connectivity index (χ4v) is 4.70. The van der Waals surface area contributed by atoms with Gasteiger partial charge < -0.3 is 4.90 Å². The van der Waals surface area contributed by atoms with Gasteiger partial charge in [0.2, 0.25) is 0 Å². The number of para-hydroxylation sites is 1. The molecule has 28 heavy (non-hydrogen) atoms. The van der Waals surface area contributed by atoms with Gasteiger partial charge in [-0.25, -0.2) is 0 Å². The quantitative estimate of drug-likeness (QED) is 0.386. The molecule has 0 atom stereocenters. The molecule has 0 fully saturated rings. The van der Waals surface area contributed by atoms with Crippen molar-refractivity contribution in [3.8, 4) is 0 Å². The number of hydrogen-bond acceptors (Lipinski definition) is 2. The summed E-state index contributed by atoms with van der Waals surface area (Å²) in [5.74, 6) is 0.0806. The van der Waals surface area contributed by atoms with E-state index >= 15 is 0 Å². The Hall–Kier alpha value is -2.91. The number of rotatable bonds is 5. The van der Waals surface area contributed by atoms with Gasteiger partial charge in [-0.05, 0) is 55.0 Å². The topological polar surface area (TPSA) is 20.3 Å². The third-order valence-corrected chi connectivity index (χ3v) is 6.22. The summed E-state index contributed by atoms with van der Waals surface area (Å²) >= 11 is 1.60. The molecule has 0 aliphatic heterocycles. The lowest BCUT2D eigenvalue weighted by Gasteiger charge is -2.21. The molecule has 0 saturated carbocycles. The lowest BCUT2D eigenvalue weighted by Crippen LogP contribution is -2.30. The zero-order chi connectivity index (χ0) is 19.5. The number of thiophene rings is 1. The van der Waals surface area contributed by atoms with Gasteiger partial charge in [0.05, 0.1) is 4.88 Å². The van der Waals surface area contributed by atoms with Crippen LogP contribution in [0.15, 0.2) is 78.9 Å². The van der Waals surface area contributed by atoms with Crippen molar-refractivity contribution in [1.29, 1.82) is 0 Å². The van der Waals surface area contributed by atoms with Gasteiger partial charge >= 0.3 is 0 Å². The Balaban J connectivity index is 1.79. The first-order valence-corrected chi connectivity index (χ1v) is 10.4. The number of hydrogen-bond donors (Lipinski definition) is 0. The van der Waals surface area contributed by atoms with Crippen LogP contribution in [0.4, 0.5) is 5.69 Å². The first-order valence-electron chi connectivity index (χ1n) is 9.60. The van der Waals surface area contributed by atoms with E-state index in [0.29, 0.717) is 6.54 Å². The van der Waals surface area contributed by atoms with Crippen molar-refractivity contribution < 1.29 is 4.79 Å². The molecule has 140 valence electrons. The van der Waals surface area contributed by atoms with Crippen molar-refractivity contribution in [3.63, 3.8) is 0 Å². The van der Waals surface area contributed by atoms with E-state index in [1.165, 1.54) is 16.5 Å². The Morgan fingerprint density at radius 2 is 1.57 bits per heavy atom. The first kappa shape index (κ1) is 18.5. The molecule has 0 unspecified atom stereocenters. The third-order valence-electron chi connectivity index (χ3n) is 5.02. The van der Waals surface area contributed by atoms with E-state index in [1.807, 2.05) is 48.2 Å². The molecule has 3 aromatic carbocycles. The normalized spacial score (nSPS) is 10.9. The molecule has 4 aromatic rings. The summed E-state index contributed by atoms with van der Waals surface area (Å²) in [5, 5.41) is 1.18. The number of benzene rings is 3. The summed E-state index contributed by atoms with van der Waals surface area (Å²) in [6.45, 7) is 4.76. The highest BCUT2D eigenvalue weighted by atomic mass is 32.1. The Morgan fingerprint density at radius 1 is 0.893 bits per heavy atom. The minimum Gasteiger partial charge on any atom is -0.308 e. The van der Waals surface area contributed by atoms with Gasteiger partial charge in [-0.15, -0.1) is 11.3 Å². The number of nitrogens with zero attached hydrogens (tertiary/aromatic N) is 1. The predicted octanol–water partition coefficient (Wildman–Crippen LogP) is 6.47. The SMILES string of the molecule is CCN(C(=O)c1sc2ccccc2c1Cc1ccc(C)cc1)c1ccccc1. The minimum atomic E-state index is 0.0806. The average Bonchev–Trinajstić information content (AvgIpc) is 3.09. The Kier molecular flexibility index (Phi) is 5.27. The van der Waals surface area contributed by atoms with Crippen LogP contribution in [0, 0.1) is 6.92 Å². The molecule has 1 amide bonds. The van der Waals surface area contributed by atoms with Gasteiger partial charge in [-0.3, -0.25) is 4.79 Å². The second kappa shape index (κ2) is 7.99. The van der Waals surface area contributed by atoms with E-state index in [9.17, 15) is 4.79 Å². The second-order valence-corrected chi connectivity index (χ2v) is 8.01. The van der Waals surface area contributed by atoms with Gasteiger partial charge in [-0.1, -0.05) is 66.2 Å². The number of carbonyl (C=O) groups excluding carboxylic acids is 1. The van der Waals surface area contributed by atoms with Crippen molar-refractivity contribution in [1.82, 2.24) is 0 Å². The van der Waals surface area contributed by atoms with Crippen molar-refractivity contribution in [2.75, 3.05) is 11.4 Å². The molecule has 0 aliphatic carbocycles. The second-order valence-electron chi connectivity index (χ2n) is 6.95. The highest BCUT2D eigenvalue weighted by Gasteiger charge is 2.23. The van der Waals surface area contributed by atoms with E-state index in [4.69, 9.17) is 0 Å². The molecule has 0 bridgehead atoms. The van der Waals surface area contributed by atoms with Crippen LogP contribution >= 0.6 is 11.3 Å². The van der Waals surface area contributed by atoms with E-state index in [-0.39, 0.29) is 5.91 Å². The van der Waals surface area contributed by atoms with Crippen LogP contribution in [0.2, 0.25) is 0 Å². The molecule has 0 N–H and O–H groups in total. The van der Waals surface area contributed by atoms with Gasteiger partial charge in [0.25, 0.3) is 5.91 Å². The number of fused-ring (bicyclic) bond motifs is 1. The Morgan fingerprint density at radius 3 is 2.29 bits per heavy atom. The van der Waals surface area contributed by atoms with E-state index in [2.05, 4.69) is 49.4 Å². The molecule has 1 aromatic heterocycles. The lowest BCUT2D eigenvalue weighted by atomic mass is 10.0. The number of amides is 1. The Bertz CT molecular complexity index is 1100. The maximum atomic E-state index is 13.5. The zero-order valence-electron chi connectivity index (χ0n) is 16.2. The van der Waals surface area contributed by atoms with Gasteiger partial charge in [0, 0.05) is 16.9 Å². The van der Waals surface area contributed by atoms with Crippen molar-refractivity contribution in [2.45, 2.75) is 20.3 Å². The van der Waals surface area contributed by atoms with Crippen molar-refractivity contribution >= 4 is 33.0 Å². The molecule has 4 rings (SSSR count). The van der Waals surface area contributed by atoms with Crippen molar-refractivity contribution in [2.24, 2.45) is 0 Å². The summed E-state index contributed by atoms with van der Waals surface area (Å²) in [4.78, 5) is 16.3. The highest BCUT2D eigenvalue weighted by Crippen LogP contribution is 2.34. The lowest BCUT2D eigenvalue weighted by molar-refractivity contribution is 0.0991. The third kappa shape index (κ3) is 3.58. The first-order chi connectivity index (χ1) is 13.7. The van der Waals surface area contributed by atoms with Gasteiger partial charge in [-0.2, -0.15) is 0 Å². The summed E-state index contributed by atoms with van der Waals surface area (Å²) < 4.78 is 1.16. The van der Waals surface area contributed by atoms with E-state index < -0.39 is 0 Å². The number of aryl methyl sites for hydroxylation is 1. The summed E-state index contributed by atoms with van der Waals surface area (Å²) in [6, 6.07) is 26.8. The molecular formula is C25H23NOS. The zero-order valence-corrected chi connectivity index (χ0v) is 17.0. The molecule has 1 heterocycles. The van der Waals surface area contributed by atoms with Crippen LogP contribution in [0.25, 0.3) is 10.1 Å². The standard InChI is InChI=1S/C25H23NOS/c1-3-26(20-9-5-4-6-10-20)25(27)24-22(17-19-15-13-18(2)14-16-19)21-11-7-8-12-23(21)28-24/h4-16H,3,17H2,1-2H3. The van der Waals surface area contributed by atoms with Gasteiger partial charge in [0.15, 0.2) is 0 Å². The monoisotopic (exact) mass is 385 g/mol. The van der Waals surface area contributed by atoms with E-state index in [1.54, 1.807) is 11.3 Å². The van der Waals surface area contributed by atoms with Crippen LogP contribution < -0.4 is 4.90 Å². The van der Waals surface area contributed by atoms with Crippen molar-refractivity contribution in [3.05, 3.63) is 100 Å². The summed E-state index contributed by atoms with van der Waals surface area (Å²) in [7, 11) is 0. The van der Waals surface area contributed by atoms with Crippen LogP contribution in [-0.2, 0) is 6.42 Å². The molecule has 0 radical (unpaired) electrons. The average molecular weight is 386 g/mol. The highest BCUT2D eigenvalue weighted by molar-refractivity contribution is 7.21. The maximum absolute atomic E-state index is 13.5. The van der Waals surface area contributed by atoms with Crippen LogP contribution in [0.1, 0.15) is 33.3 Å². The smallest absolute Gasteiger partial charge is 0.268 e. The fourth-order valence-electron chi connectivity index (χ4n) is 3.53. The van der Waals surface area contributed by atoms with E-state index in [0.717, 1.165) is 27.2 Å². The maximum Gasteiger partial charge on any atom is 0.268 e. The molecular weight excluding hydrogens is 362 g/mol. The largest absolute Gasteiger partial charge is 0.308 e. The fraction of sp³-hybridized carbons (Fsp3) is 0.160. The summed E-state index contributed by atoms with van der Waals surface area (Å²) in [5.41, 5.74) is 4.54. The van der Waals surface area contributed by atoms with Crippen LogP contribution in [-0.4, -0.2) is 12.5 Å². The summed E-state index contributed by atoms with van der Waals surface area (Å²) in [6.07, 6.45) is 0.762.